The zero-order valence-electron chi connectivity index (χ0n) is 9.31. The summed E-state index contributed by atoms with van der Waals surface area (Å²) in [5.74, 6) is 0.895. The first-order valence-corrected chi connectivity index (χ1v) is 5.09. The SMILES string of the molecule is Cc1nc(COc2cc(F)cc(CN)c2)no1. The molecule has 1 aromatic heterocycles. The Morgan fingerprint density at radius 2 is 2.24 bits per heavy atom. The number of aryl methyl sites for hydroxylation is 1. The van der Waals surface area contributed by atoms with Crippen LogP contribution < -0.4 is 10.5 Å². The van der Waals surface area contributed by atoms with Crippen LogP contribution in [0.15, 0.2) is 22.7 Å². The van der Waals surface area contributed by atoms with Crippen molar-refractivity contribution in [1.82, 2.24) is 10.1 Å². The Balaban J connectivity index is 2.05. The summed E-state index contributed by atoms with van der Waals surface area (Å²) in [5.41, 5.74) is 6.11. The van der Waals surface area contributed by atoms with Crippen molar-refractivity contribution in [3.8, 4) is 5.75 Å². The lowest BCUT2D eigenvalue weighted by Crippen LogP contribution is -2.01. The van der Waals surface area contributed by atoms with Gasteiger partial charge in [0.15, 0.2) is 6.61 Å². The molecule has 0 aliphatic carbocycles. The average molecular weight is 237 g/mol. The van der Waals surface area contributed by atoms with Gasteiger partial charge in [-0.3, -0.25) is 0 Å². The van der Waals surface area contributed by atoms with Crippen LogP contribution in [0.3, 0.4) is 0 Å². The predicted molar refractivity (Wildman–Crippen MR) is 57.7 cm³/mol. The van der Waals surface area contributed by atoms with Crippen molar-refractivity contribution in [2.75, 3.05) is 0 Å². The third-order valence-electron chi connectivity index (χ3n) is 2.10. The standard InChI is InChI=1S/C11H12FN3O2/c1-7-14-11(15-17-7)6-16-10-3-8(5-13)2-9(12)4-10/h2-4H,5-6,13H2,1H3. The summed E-state index contributed by atoms with van der Waals surface area (Å²) < 4.78 is 23.3. The molecule has 1 heterocycles. The van der Waals surface area contributed by atoms with Crippen LogP contribution in [-0.2, 0) is 13.2 Å². The summed E-state index contributed by atoms with van der Waals surface area (Å²) in [5, 5.41) is 3.67. The Labute approximate surface area is 97.4 Å². The minimum atomic E-state index is -0.382. The van der Waals surface area contributed by atoms with Gasteiger partial charge in [-0.05, 0) is 17.7 Å². The lowest BCUT2D eigenvalue weighted by Gasteiger charge is -2.05. The molecule has 2 rings (SSSR count). The maximum absolute atomic E-state index is 13.2. The first-order valence-electron chi connectivity index (χ1n) is 5.09. The molecule has 2 N–H and O–H groups in total. The van der Waals surface area contributed by atoms with Gasteiger partial charge in [-0.25, -0.2) is 4.39 Å². The fraction of sp³-hybridized carbons (Fsp3) is 0.273. The maximum atomic E-state index is 13.2. The lowest BCUT2D eigenvalue weighted by atomic mass is 10.2. The highest BCUT2D eigenvalue weighted by Crippen LogP contribution is 2.17. The van der Waals surface area contributed by atoms with Crippen LogP contribution in [0.4, 0.5) is 4.39 Å². The second-order valence-electron chi connectivity index (χ2n) is 3.52. The fourth-order valence-electron chi connectivity index (χ4n) is 1.37. The third kappa shape index (κ3) is 3.01. The number of rotatable bonds is 4. The van der Waals surface area contributed by atoms with Gasteiger partial charge in [0.25, 0.3) is 0 Å². The molecule has 0 radical (unpaired) electrons. The highest BCUT2D eigenvalue weighted by atomic mass is 19.1. The van der Waals surface area contributed by atoms with E-state index in [9.17, 15) is 4.39 Å². The topological polar surface area (TPSA) is 74.2 Å². The van der Waals surface area contributed by atoms with Crippen LogP contribution in [0.5, 0.6) is 5.75 Å². The summed E-state index contributed by atoms with van der Waals surface area (Å²) in [7, 11) is 0. The van der Waals surface area contributed by atoms with Gasteiger partial charge in [-0.1, -0.05) is 5.16 Å². The number of benzene rings is 1. The van der Waals surface area contributed by atoms with Crippen LogP contribution in [0.2, 0.25) is 0 Å². The van der Waals surface area contributed by atoms with Crippen molar-refractivity contribution in [1.29, 1.82) is 0 Å². The molecule has 17 heavy (non-hydrogen) atoms. The van der Waals surface area contributed by atoms with E-state index in [1.54, 1.807) is 13.0 Å². The Kier molecular flexibility index (Phi) is 3.34. The van der Waals surface area contributed by atoms with Crippen molar-refractivity contribution >= 4 is 0 Å². The molecule has 1 aromatic carbocycles. The van der Waals surface area contributed by atoms with Gasteiger partial charge >= 0.3 is 0 Å². The van der Waals surface area contributed by atoms with Gasteiger partial charge in [0.1, 0.15) is 11.6 Å². The molecule has 5 nitrogen and oxygen atoms in total. The molecule has 0 saturated heterocycles. The van der Waals surface area contributed by atoms with E-state index in [0.29, 0.717) is 23.0 Å². The number of aromatic nitrogens is 2. The molecule has 6 heteroatoms. The molecule has 0 unspecified atom stereocenters. The average Bonchev–Trinajstić information content (AvgIpc) is 2.72. The van der Waals surface area contributed by atoms with Gasteiger partial charge in [-0.2, -0.15) is 4.98 Å². The summed E-state index contributed by atoms with van der Waals surface area (Å²) in [6, 6.07) is 4.33. The minimum Gasteiger partial charge on any atom is -0.485 e. The van der Waals surface area contributed by atoms with Gasteiger partial charge in [0, 0.05) is 19.5 Å². The number of nitrogens with two attached hydrogens (primary N) is 1. The van der Waals surface area contributed by atoms with Gasteiger partial charge in [0.2, 0.25) is 11.7 Å². The van der Waals surface area contributed by atoms with Crippen molar-refractivity contribution in [3.05, 3.63) is 41.3 Å². The molecule has 0 aliphatic rings. The van der Waals surface area contributed by atoms with Crippen LogP contribution in [0.25, 0.3) is 0 Å². The summed E-state index contributed by atoms with van der Waals surface area (Å²) in [6.07, 6.45) is 0. The highest BCUT2D eigenvalue weighted by Gasteiger charge is 2.05. The number of ether oxygens (including phenoxy) is 1. The molecule has 0 atom stereocenters. The van der Waals surface area contributed by atoms with E-state index >= 15 is 0 Å². The summed E-state index contributed by atoms with van der Waals surface area (Å²) in [4.78, 5) is 3.97. The lowest BCUT2D eigenvalue weighted by molar-refractivity contribution is 0.284. The Morgan fingerprint density at radius 3 is 2.88 bits per heavy atom. The second-order valence-corrected chi connectivity index (χ2v) is 3.52. The predicted octanol–water partition coefficient (Wildman–Crippen LogP) is 1.55. The molecule has 2 aromatic rings. The number of hydrogen-bond donors (Lipinski definition) is 1. The third-order valence-corrected chi connectivity index (χ3v) is 2.10. The smallest absolute Gasteiger partial charge is 0.223 e. The maximum Gasteiger partial charge on any atom is 0.223 e. The summed E-state index contributed by atoms with van der Waals surface area (Å²) >= 11 is 0. The van der Waals surface area contributed by atoms with E-state index in [-0.39, 0.29) is 19.0 Å². The van der Waals surface area contributed by atoms with Crippen molar-refractivity contribution in [2.45, 2.75) is 20.1 Å². The Morgan fingerprint density at radius 1 is 1.41 bits per heavy atom. The van der Waals surface area contributed by atoms with E-state index in [1.165, 1.54) is 12.1 Å². The Hall–Kier alpha value is -1.95. The van der Waals surface area contributed by atoms with Crippen LogP contribution >= 0.6 is 0 Å². The van der Waals surface area contributed by atoms with E-state index in [0.717, 1.165) is 0 Å². The fourth-order valence-corrected chi connectivity index (χ4v) is 1.37. The van der Waals surface area contributed by atoms with Crippen LogP contribution in [-0.4, -0.2) is 10.1 Å². The second kappa shape index (κ2) is 4.92. The molecule has 90 valence electrons. The molecule has 0 spiro atoms. The number of nitrogens with zero attached hydrogens (tertiary/aromatic N) is 2. The monoisotopic (exact) mass is 237 g/mol. The zero-order valence-corrected chi connectivity index (χ0v) is 9.31. The molecule has 0 fully saturated rings. The molecule has 0 aliphatic heterocycles. The van der Waals surface area contributed by atoms with Gasteiger partial charge in [-0.15, -0.1) is 0 Å². The molecule has 0 bridgehead atoms. The number of hydrogen-bond acceptors (Lipinski definition) is 5. The number of halogens is 1. The zero-order chi connectivity index (χ0) is 12.3. The quantitative estimate of drug-likeness (QED) is 0.873. The molecular weight excluding hydrogens is 225 g/mol. The molecular formula is C11H12FN3O2. The van der Waals surface area contributed by atoms with E-state index in [1.807, 2.05) is 0 Å². The molecule has 0 amide bonds. The highest BCUT2D eigenvalue weighted by molar-refractivity contribution is 5.29. The molecule has 0 saturated carbocycles. The van der Waals surface area contributed by atoms with E-state index in [2.05, 4.69) is 10.1 Å². The van der Waals surface area contributed by atoms with Crippen LogP contribution in [0, 0.1) is 12.7 Å². The van der Waals surface area contributed by atoms with Crippen LogP contribution in [0.1, 0.15) is 17.3 Å². The normalized spacial score (nSPS) is 10.5. The van der Waals surface area contributed by atoms with Crippen molar-refractivity contribution < 1.29 is 13.7 Å². The first-order chi connectivity index (χ1) is 8.17. The van der Waals surface area contributed by atoms with Crippen molar-refractivity contribution in [3.63, 3.8) is 0 Å². The van der Waals surface area contributed by atoms with E-state index < -0.39 is 0 Å². The van der Waals surface area contributed by atoms with E-state index in [4.69, 9.17) is 15.0 Å². The Bertz CT molecular complexity index is 513. The first kappa shape index (κ1) is 11.5. The van der Waals surface area contributed by atoms with Gasteiger partial charge in [0.05, 0.1) is 0 Å². The largest absolute Gasteiger partial charge is 0.485 e. The van der Waals surface area contributed by atoms with Crippen molar-refractivity contribution in [2.24, 2.45) is 5.73 Å². The van der Waals surface area contributed by atoms with Gasteiger partial charge < -0.3 is 15.0 Å². The summed E-state index contributed by atoms with van der Waals surface area (Å²) in [6.45, 7) is 2.07. The minimum absolute atomic E-state index is 0.130.